The van der Waals surface area contributed by atoms with Crippen LogP contribution in [0.2, 0.25) is 5.02 Å². The molecule has 20 heavy (non-hydrogen) atoms. The number of carbonyl (C=O) groups excluding carboxylic acids is 2. The van der Waals surface area contributed by atoms with Crippen molar-refractivity contribution in [3.8, 4) is 5.75 Å². The molecule has 1 aromatic rings. The molecule has 5 nitrogen and oxygen atoms in total. The maximum absolute atomic E-state index is 12.7. The van der Waals surface area contributed by atoms with Crippen molar-refractivity contribution < 1.29 is 14.3 Å². The molecule has 1 saturated heterocycles. The molecule has 1 aromatic carbocycles. The number of ether oxygens (including phenoxy) is 1. The van der Waals surface area contributed by atoms with Gasteiger partial charge in [0.2, 0.25) is 5.91 Å². The monoisotopic (exact) mass is 296 g/mol. The van der Waals surface area contributed by atoms with Crippen molar-refractivity contribution >= 4 is 23.4 Å². The number of halogens is 1. The van der Waals surface area contributed by atoms with Crippen molar-refractivity contribution in [2.75, 3.05) is 20.2 Å². The van der Waals surface area contributed by atoms with Crippen molar-refractivity contribution in [3.63, 3.8) is 0 Å². The second kappa shape index (κ2) is 5.32. The Morgan fingerprint density at radius 2 is 2.15 bits per heavy atom. The summed E-state index contributed by atoms with van der Waals surface area (Å²) >= 11 is 5.90. The fourth-order valence-corrected chi connectivity index (χ4v) is 2.40. The Morgan fingerprint density at radius 1 is 1.45 bits per heavy atom. The van der Waals surface area contributed by atoms with Crippen LogP contribution in [0.3, 0.4) is 0 Å². The van der Waals surface area contributed by atoms with Crippen molar-refractivity contribution in [1.29, 1.82) is 0 Å². The van der Waals surface area contributed by atoms with Crippen molar-refractivity contribution in [1.82, 2.24) is 10.2 Å². The number of carbonyl (C=O) groups is 2. The molecule has 2 amide bonds. The van der Waals surface area contributed by atoms with E-state index in [0.29, 0.717) is 29.4 Å². The van der Waals surface area contributed by atoms with Crippen LogP contribution < -0.4 is 10.1 Å². The van der Waals surface area contributed by atoms with Crippen LogP contribution >= 0.6 is 11.6 Å². The van der Waals surface area contributed by atoms with Crippen LogP contribution in [0.1, 0.15) is 24.2 Å². The molecule has 0 radical (unpaired) electrons. The van der Waals surface area contributed by atoms with E-state index in [1.165, 1.54) is 7.11 Å². The maximum Gasteiger partial charge on any atom is 0.258 e. The summed E-state index contributed by atoms with van der Waals surface area (Å²) in [4.78, 5) is 26.1. The summed E-state index contributed by atoms with van der Waals surface area (Å²) in [6, 6.07) is 4.84. The van der Waals surface area contributed by atoms with Gasteiger partial charge in [0.1, 0.15) is 11.3 Å². The van der Waals surface area contributed by atoms with Gasteiger partial charge in [-0.15, -0.1) is 0 Å². The van der Waals surface area contributed by atoms with E-state index in [-0.39, 0.29) is 11.8 Å². The molecule has 1 aliphatic rings. The third-order valence-corrected chi connectivity index (χ3v) is 3.73. The summed E-state index contributed by atoms with van der Waals surface area (Å²) < 4.78 is 5.20. The topological polar surface area (TPSA) is 58.6 Å². The summed E-state index contributed by atoms with van der Waals surface area (Å²) in [5.74, 6) is 0.00711. The molecule has 6 heteroatoms. The Labute approximate surface area is 122 Å². The fraction of sp³-hybridized carbons (Fsp3) is 0.429. The molecular formula is C14H17ClN2O3. The van der Waals surface area contributed by atoms with Gasteiger partial charge in [0.25, 0.3) is 5.91 Å². The number of nitrogens with zero attached hydrogens (tertiary/aromatic N) is 1. The largest absolute Gasteiger partial charge is 0.496 e. The van der Waals surface area contributed by atoms with Gasteiger partial charge >= 0.3 is 0 Å². The number of amides is 2. The first-order valence-electron chi connectivity index (χ1n) is 6.31. The summed E-state index contributed by atoms with van der Waals surface area (Å²) in [5, 5.41) is 3.26. The van der Waals surface area contributed by atoms with E-state index < -0.39 is 5.54 Å². The molecule has 1 heterocycles. The van der Waals surface area contributed by atoms with Crippen molar-refractivity contribution in [2.45, 2.75) is 19.4 Å². The zero-order valence-electron chi connectivity index (χ0n) is 11.7. The maximum atomic E-state index is 12.7. The van der Waals surface area contributed by atoms with Crippen LogP contribution in [0.15, 0.2) is 18.2 Å². The molecule has 1 fully saturated rings. The van der Waals surface area contributed by atoms with E-state index in [0.717, 1.165) is 0 Å². The molecule has 0 aromatic heterocycles. The lowest BCUT2D eigenvalue weighted by Crippen LogP contribution is -2.63. The first-order chi connectivity index (χ1) is 9.37. The number of hydrogen-bond donors (Lipinski definition) is 1. The summed E-state index contributed by atoms with van der Waals surface area (Å²) in [6.07, 6.45) is 0. The Kier molecular flexibility index (Phi) is 3.90. The van der Waals surface area contributed by atoms with Gasteiger partial charge in [-0.05, 0) is 32.0 Å². The molecule has 0 spiro atoms. The lowest BCUT2D eigenvalue weighted by molar-refractivity contribution is -0.133. The van der Waals surface area contributed by atoms with Gasteiger partial charge in [-0.2, -0.15) is 0 Å². The number of hydrogen-bond acceptors (Lipinski definition) is 3. The fourth-order valence-electron chi connectivity index (χ4n) is 2.24. The van der Waals surface area contributed by atoms with Gasteiger partial charge in [0.15, 0.2) is 0 Å². The smallest absolute Gasteiger partial charge is 0.258 e. The molecule has 0 unspecified atom stereocenters. The molecule has 0 atom stereocenters. The molecule has 2 rings (SSSR count). The third kappa shape index (κ3) is 2.45. The Morgan fingerprint density at radius 3 is 2.80 bits per heavy atom. The highest BCUT2D eigenvalue weighted by Gasteiger charge is 2.41. The zero-order chi connectivity index (χ0) is 14.9. The second-order valence-electron chi connectivity index (χ2n) is 5.12. The average Bonchev–Trinajstić information content (AvgIpc) is 2.41. The van der Waals surface area contributed by atoms with Crippen LogP contribution in [0, 0.1) is 0 Å². The minimum Gasteiger partial charge on any atom is -0.496 e. The number of piperazine rings is 1. The van der Waals surface area contributed by atoms with Crippen LogP contribution in [0.25, 0.3) is 0 Å². The lowest BCUT2D eigenvalue weighted by atomic mass is 9.97. The van der Waals surface area contributed by atoms with Crippen LogP contribution in [0.5, 0.6) is 5.75 Å². The Hall–Kier alpha value is -1.75. The SMILES string of the molecule is COc1cc(Cl)ccc1C(=O)N1CCNC(=O)C1(C)C. The Bertz CT molecular complexity index is 557. The quantitative estimate of drug-likeness (QED) is 0.904. The normalized spacial score (nSPS) is 17.6. The van der Waals surface area contributed by atoms with Gasteiger partial charge in [-0.25, -0.2) is 0 Å². The summed E-state index contributed by atoms with van der Waals surface area (Å²) in [5.41, 5.74) is -0.486. The first kappa shape index (κ1) is 14.7. The number of nitrogens with one attached hydrogen (secondary N) is 1. The summed E-state index contributed by atoms with van der Waals surface area (Å²) in [6.45, 7) is 4.36. The molecule has 0 aliphatic carbocycles. The molecule has 0 bridgehead atoms. The average molecular weight is 297 g/mol. The molecule has 0 saturated carbocycles. The highest BCUT2D eigenvalue weighted by Crippen LogP contribution is 2.27. The highest BCUT2D eigenvalue weighted by molar-refractivity contribution is 6.30. The van der Waals surface area contributed by atoms with Gasteiger partial charge in [-0.1, -0.05) is 11.6 Å². The van der Waals surface area contributed by atoms with Crippen molar-refractivity contribution in [2.24, 2.45) is 0 Å². The lowest BCUT2D eigenvalue weighted by Gasteiger charge is -2.41. The number of rotatable bonds is 2. The predicted octanol–water partition coefficient (Wildman–Crippen LogP) is 1.70. The first-order valence-corrected chi connectivity index (χ1v) is 6.69. The third-order valence-electron chi connectivity index (χ3n) is 3.49. The predicted molar refractivity (Wildman–Crippen MR) is 76.1 cm³/mol. The molecular weight excluding hydrogens is 280 g/mol. The van der Waals surface area contributed by atoms with Gasteiger partial charge < -0.3 is 15.0 Å². The van der Waals surface area contributed by atoms with Gasteiger partial charge in [0.05, 0.1) is 12.7 Å². The summed E-state index contributed by atoms with van der Waals surface area (Å²) in [7, 11) is 1.48. The molecule has 1 aliphatic heterocycles. The van der Waals surface area contributed by atoms with Gasteiger partial charge in [-0.3, -0.25) is 9.59 Å². The molecule has 1 N–H and O–H groups in total. The molecule has 108 valence electrons. The number of benzene rings is 1. The Balaban J connectivity index is 2.38. The zero-order valence-corrected chi connectivity index (χ0v) is 12.5. The van der Waals surface area contributed by atoms with E-state index in [4.69, 9.17) is 16.3 Å². The van der Waals surface area contributed by atoms with E-state index >= 15 is 0 Å². The minimum atomic E-state index is -0.889. The standard InChI is InChI=1S/C14H17ClN2O3/c1-14(2)13(19)16-6-7-17(14)12(18)10-5-4-9(15)8-11(10)20-3/h4-5,8H,6-7H2,1-3H3,(H,16,19). The highest BCUT2D eigenvalue weighted by atomic mass is 35.5. The van der Waals surface area contributed by atoms with E-state index in [1.807, 2.05) is 0 Å². The van der Waals surface area contributed by atoms with E-state index in [2.05, 4.69) is 5.32 Å². The van der Waals surface area contributed by atoms with Crippen LogP contribution in [-0.4, -0.2) is 42.5 Å². The minimum absolute atomic E-state index is 0.162. The number of methoxy groups -OCH3 is 1. The van der Waals surface area contributed by atoms with Crippen molar-refractivity contribution in [3.05, 3.63) is 28.8 Å². The van der Waals surface area contributed by atoms with Crippen LogP contribution in [-0.2, 0) is 4.79 Å². The van der Waals surface area contributed by atoms with E-state index in [1.54, 1.807) is 36.9 Å². The van der Waals surface area contributed by atoms with E-state index in [9.17, 15) is 9.59 Å². The second-order valence-corrected chi connectivity index (χ2v) is 5.55. The van der Waals surface area contributed by atoms with Gasteiger partial charge in [0, 0.05) is 18.1 Å². The van der Waals surface area contributed by atoms with Crippen LogP contribution in [0.4, 0.5) is 0 Å².